The minimum absolute atomic E-state index is 0.0926. The van der Waals surface area contributed by atoms with Crippen molar-refractivity contribution in [2.24, 2.45) is 0 Å². The molecule has 0 spiro atoms. The van der Waals surface area contributed by atoms with E-state index < -0.39 is 0 Å². The first-order valence-electron chi connectivity index (χ1n) is 5.41. The predicted molar refractivity (Wildman–Crippen MR) is 76.2 cm³/mol. The summed E-state index contributed by atoms with van der Waals surface area (Å²) in [7, 11) is 0. The maximum absolute atomic E-state index is 9.61. The van der Waals surface area contributed by atoms with Crippen LogP contribution in [0.25, 0.3) is 11.1 Å². The molecule has 0 amide bonds. The van der Waals surface area contributed by atoms with Crippen molar-refractivity contribution in [1.82, 2.24) is 0 Å². The molecule has 3 heteroatoms. The monoisotopic (exact) mass is 352 g/mol. The molecule has 0 fully saturated rings. The summed E-state index contributed by atoms with van der Waals surface area (Å²) in [4.78, 5) is 0. The van der Waals surface area contributed by atoms with Crippen molar-refractivity contribution >= 4 is 31.9 Å². The van der Waals surface area contributed by atoms with Crippen LogP contribution in [-0.4, -0.2) is 11.7 Å². The van der Waals surface area contributed by atoms with Crippen molar-refractivity contribution in [3.05, 3.63) is 56.5 Å². The summed E-state index contributed by atoms with van der Waals surface area (Å²) in [6.45, 7) is 0.146. The highest BCUT2D eigenvalue weighted by molar-refractivity contribution is 9.10. The third kappa shape index (κ3) is 1.77. The van der Waals surface area contributed by atoms with Crippen LogP contribution in [0.3, 0.4) is 0 Å². The van der Waals surface area contributed by atoms with E-state index in [2.05, 4.69) is 56.1 Å². The Morgan fingerprint density at radius 3 is 1.76 bits per heavy atom. The highest BCUT2D eigenvalue weighted by atomic mass is 79.9. The van der Waals surface area contributed by atoms with Gasteiger partial charge in [-0.2, -0.15) is 0 Å². The van der Waals surface area contributed by atoms with Crippen LogP contribution < -0.4 is 0 Å². The van der Waals surface area contributed by atoms with Crippen molar-refractivity contribution in [2.75, 3.05) is 6.61 Å². The van der Waals surface area contributed by atoms with Crippen LogP contribution in [0.2, 0.25) is 0 Å². The number of rotatable bonds is 1. The van der Waals surface area contributed by atoms with Gasteiger partial charge in [0, 0.05) is 14.9 Å². The highest BCUT2D eigenvalue weighted by Gasteiger charge is 2.28. The van der Waals surface area contributed by atoms with Crippen LogP contribution in [0.15, 0.2) is 45.3 Å². The van der Waals surface area contributed by atoms with Gasteiger partial charge in [0.2, 0.25) is 0 Å². The average Bonchev–Trinajstić information content (AvgIpc) is 2.60. The lowest BCUT2D eigenvalue weighted by Gasteiger charge is -2.10. The first-order chi connectivity index (χ1) is 8.20. The zero-order valence-corrected chi connectivity index (χ0v) is 12.1. The highest BCUT2D eigenvalue weighted by Crippen LogP contribution is 2.46. The largest absolute Gasteiger partial charge is 0.395 e. The van der Waals surface area contributed by atoms with Crippen molar-refractivity contribution in [3.63, 3.8) is 0 Å². The number of fused-ring (bicyclic) bond motifs is 3. The zero-order valence-electron chi connectivity index (χ0n) is 8.95. The number of aliphatic hydroxyl groups is 1. The smallest absolute Gasteiger partial charge is 0.0540 e. The molecule has 1 aliphatic rings. The Labute approximate surface area is 117 Å². The van der Waals surface area contributed by atoms with Gasteiger partial charge in [0.05, 0.1) is 6.61 Å². The second kappa shape index (κ2) is 4.23. The fourth-order valence-corrected chi connectivity index (χ4v) is 3.26. The minimum atomic E-state index is 0.0926. The molecule has 17 heavy (non-hydrogen) atoms. The van der Waals surface area contributed by atoms with E-state index in [9.17, 15) is 5.11 Å². The Morgan fingerprint density at radius 2 is 1.35 bits per heavy atom. The summed E-state index contributed by atoms with van der Waals surface area (Å²) in [5.74, 6) is 0.0926. The fourth-order valence-electron chi connectivity index (χ4n) is 2.50. The van der Waals surface area contributed by atoms with Gasteiger partial charge in [-0.25, -0.2) is 0 Å². The lowest BCUT2D eigenvalue weighted by molar-refractivity contribution is 0.282. The molecule has 0 aromatic heterocycles. The maximum atomic E-state index is 9.61. The van der Waals surface area contributed by atoms with E-state index in [1.807, 2.05) is 12.1 Å². The SMILES string of the molecule is OCC1c2cc(Br)ccc2-c2ccc(Br)cc21. The van der Waals surface area contributed by atoms with Crippen LogP contribution in [0.5, 0.6) is 0 Å². The van der Waals surface area contributed by atoms with Gasteiger partial charge in [0.1, 0.15) is 0 Å². The average molecular weight is 354 g/mol. The molecule has 0 heterocycles. The molecular formula is C14H10Br2O. The Hall–Kier alpha value is -0.640. The Morgan fingerprint density at radius 1 is 0.882 bits per heavy atom. The summed E-state index contributed by atoms with van der Waals surface area (Å²) in [6, 6.07) is 12.5. The number of benzene rings is 2. The topological polar surface area (TPSA) is 20.2 Å². The molecule has 0 bridgehead atoms. The molecule has 1 N–H and O–H groups in total. The fraction of sp³-hybridized carbons (Fsp3) is 0.143. The van der Waals surface area contributed by atoms with E-state index in [0.29, 0.717) is 0 Å². The third-order valence-corrected chi connectivity index (χ3v) is 4.24. The van der Waals surface area contributed by atoms with E-state index in [1.54, 1.807) is 0 Å². The third-order valence-electron chi connectivity index (χ3n) is 3.25. The van der Waals surface area contributed by atoms with E-state index in [0.717, 1.165) is 8.95 Å². The summed E-state index contributed by atoms with van der Waals surface area (Å²) in [5, 5.41) is 9.61. The van der Waals surface area contributed by atoms with Crippen LogP contribution in [0.1, 0.15) is 17.0 Å². The van der Waals surface area contributed by atoms with Gasteiger partial charge >= 0.3 is 0 Å². The van der Waals surface area contributed by atoms with Crippen molar-refractivity contribution in [2.45, 2.75) is 5.92 Å². The molecule has 0 unspecified atom stereocenters. The Kier molecular flexibility index (Phi) is 2.85. The van der Waals surface area contributed by atoms with Gasteiger partial charge in [-0.1, -0.05) is 44.0 Å². The molecular weight excluding hydrogens is 344 g/mol. The van der Waals surface area contributed by atoms with E-state index >= 15 is 0 Å². The summed E-state index contributed by atoms with van der Waals surface area (Å²) < 4.78 is 2.11. The van der Waals surface area contributed by atoms with Crippen LogP contribution in [0, 0.1) is 0 Å². The molecule has 86 valence electrons. The van der Waals surface area contributed by atoms with Crippen molar-refractivity contribution < 1.29 is 5.11 Å². The van der Waals surface area contributed by atoms with E-state index in [1.165, 1.54) is 22.3 Å². The molecule has 2 aromatic rings. The summed E-state index contributed by atoms with van der Waals surface area (Å²) in [5.41, 5.74) is 4.87. The van der Waals surface area contributed by atoms with E-state index in [-0.39, 0.29) is 12.5 Å². The quantitative estimate of drug-likeness (QED) is 0.809. The van der Waals surface area contributed by atoms with Gasteiger partial charge < -0.3 is 5.11 Å². The number of halogens is 2. The molecule has 0 atom stereocenters. The number of hydrogen-bond donors (Lipinski definition) is 1. The Balaban J connectivity index is 2.28. The normalized spacial score (nSPS) is 13.6. The standard InChI is InChI=1S/C14H10Br2O/c15-8-1-3-10-11-4-2-9(16)6-13(11)14(7-17)12(10)5-8/h1-6,14,17H,7H2. The number of hydrogen-bond acceptors (Lipinski definition) is 1. The van der Waals surface area contributed by atoms with E-state index in [4.69, 9.17) is 0 Å². The van der Waals surface area contributed by atoms with Crippen LogP contribution >= 0.6 is 31.9 Å². The van der Waals surface area contributed by atoms with Gasteiger partial charge in [-0.3, -0.25) is 0 Å². The van der Waals surface area contributed by atoms with Gasteiger partial charge in [0.15, 0.2) is 0 Å². The van der Waals surface area contributed by atoms with Crippen LogP contribution in [0.4, 0.5) is 0 Å². The molecule has 1 aliphatic carbocycles. The predicted octanol–water partition coefficient (Wildman–Crippen LogP) is 4.32. The second-order valence-corrected chi connectivity index (χ2v) is 6.03. The molecule has 3 rings (SSSR count). The maximum Gasteiger partial charge on any atom is 0.0540 e. The lowest BCUT2D eigenvalue weighted by Crippen LogP contribution is -2.01. The Bertz CT molecular complexity index is 541. The van der Waals surface area contributed by atoms with Crippen molar-refractivity contribution in [1.29, 1.82) is 0 Å². The molecule has 0 saturated carbocycles. The first-order valence-corrected chi connectivity index (χ1v) is 6.99. The molecule has 2 aromatic carbocycles. The molecule has 0 radical (unpaired) electrons. The molecule has 1 nitrogen and oxygen atoms in total. The van der Waals surface area contributed by atoms with Gasteiger partial charge in [-0.15, -0.1) is 0 Å². The number of aliphatic hydroxyl groups excluding tert-OH is 1. The zero-order chi connectivity index (χ0) is 12.0. The van der Waals surface area contributed by atoms with Crippen molar-refractivity contribution in [3.8, 4) is 11.1 Å². The summed E-state index contributed by atoms with van der Waals surface area (Å²) in [6.07, 6.45) is 0. The van der Waals surface area contributed by atoms with Crippen LogP contribution in [-0.2, 0) is 0 Å². The first kappa shape index (κ1) is 11.5. The second-order valence-electron chi connectivity index (χ2n) is 4.20. The van der Waals surface area contributed by atoms with Gasteiger partial charge in [0.25, 0.3) is 0 Å². The lowest BCUT2D eigenvalue weighted by atomic mass is 9.98. The molecule has 0 aliphatic heterocycles. The summed E-state index contributed by atoms with van der Waals surface area (Å²) >= 11 is 6.98. The molecule has 0 saturated heterocycles. The van der Waals surface area contributed by atoms with Gasteiger partial charge in [-0.05, 0) is 46.5 Å². The minimum Gasteiger partial charge on any atom is -0.395 e.